The van der Waals surface area contributed by atoms with E-state index in [1.54, 1.807) is 15.7 Å². The van der Waals surface area contributed by atoms with Gasteiger partial charge in [-0.2, -0.15) is 5.10 Å². The Morgan fingerprint density at radius 3 is 2.90 bits per heavy atom. The number of carbonyl (C=O) groups excluding carboxylic acids is 2. The highest BCUT2D eigenvalue weighted by Gasteiger charge is 2.29. The van der Waals surface area contributed by atoms with Crippen molar-refractivity contribution >= 4 is 17.6 Å². The number of anilines is 1. The second-order valence-corrected chi connectivity index (χ2v) is 8.16. The lowest BCUT2D eigenvalue weighted by molar-refractivity contribution is -0.135. The summed E-state index contributed by atoms with van der Waals surface area (Å²) >= 11 is 0. The van der Waals surface area contributed by atoms with Gasteiger partial charge in [-0.15, -0.1) is 0 Å². The molecule has 0 aliphatic carbocycles. The van der Waals surface area contributed by atoms with Crippen LogP contribution >= 0.6 is 0 Å². The van der Waals surface area contributed by atoms with Gasteiger partial charge in [0.1, 0.15) is 18.2 Å². The Bertz CT molecular complexity index is 995. The third-order valence-electron chi connectivity index (χ3n) is 5.96. The van der Waals surface area contributed by atoms with Crippen LogP contribution in [0.2, 0.25) is 0 Å². The fourth-order valence-electron chi connectivity index (χ4n) is 4.21. The second-order valence-electron chi connectivity index (χ2n) is 8.16. The summed E-state index contributed by atoms with van der Waals surface area (Å²) in [7, 11) is 0. The van der Waals surface area contributed by atoms with Crippen molar-refractivity contribution in [3.8, 4) is 0 Å². The number of hydrogen-bond acceptors (Lipinski definition) is 5. The van der Waals surface area contributed by atoms with Gasteiger partial charge in [0.05, 0.1) is 5.92 Å². The molecule has 1 saturated heterocycles. The molecule has 4 heterocycles. The molecule has 9 nitrogen and oxygen atoms in total. The van der Waals surface area contributed by atoms with Crippen LogP contribution in [0.25, 0.3) is 0 Å². The molecular weight excluding hydrogens is 384 g/mol. The first-order valence-corrected chi connectivity index (χ1v) is 10.7. The monoisotopic (exact) mass is 412 g/mol. The number of nitrogens with one attached hydrogen (secondary N) is 1. The van der Waals surface area contributed by atoms with Crippen molar-refractivity contribution < 1.29 is 9.59 Å². The lowest BCUT2D eigenvalue weighted by Gasteiger charge is -2.32. The predicted octanol–water partition coefficient (Wildman–Crippen LogP) is 1.35. The molecule has 1 unspecified atom stereocenters. The number of aryl methyl sites for hydroxylation is 2. The van der Waals surface area contributed by atoms with Crippen LogP contribution in [0.1, 0.15) is 43.5 Å². The van der Waals surface area contributed by atoms with Gasteiger partial charge in [-0.3, -0.25) is 14.2 Å². The molecule has 0 spiro atoms. The van der Waals surface area contributed by atoms with E-state index in [1.807, 2.05) is 19.1 Å². The van der Waals surface area contributed by atoms with E-state index in [0.29, 0.717) is 25.5 Å². The maximum atomic E-state index is 12.9. The molecule has 2 aliphatic rings. The zero-order valence-corrected chi connectivity index (χ0v) is 17.3. The van der Waals surface area contributed by atoms with Gasteiger partial charge in [-0.1, -0.05) is 12.5 Å². The number of aromatic nitrogens is 4. The minimum atomic E-state index is -0.292. The highest BCUT2D eigenvalue weighted by molar-refractivity contribution is 5.92. The molecule has 0 bridgehead atoms. The summed E-state index contributed by atoms with van der Waals surface area (Å²) in [5.74, 6) is 0.737. The molecule has 4 rings (SSSR count). The molecular formula is C21H28N6O3. The fraction of sp³-hybridized carbons (Fsp3) is 0.571. The van der Waals surface area contributed by atoms with E-state index >= 15 is 0 Å². The Labute approximate surface area is 175 Å². The number of pyridine rings is 1. The van der Waals surface area contributed by atoms with Gasteiger partial charge >= 0.3 is 5.69 Å². The zero-order valence-electron chi connectivity index (χ0n) is 17.3. The quantitative estimate of drug-likeness (QED) is 0.817. The summed E-state index contributed by atoms with van der Waals surface area (Å²) in [5, 5.41) is 7.28. The molecule has 1 N–H and O–H groups in total. The average molecular weight is 412 g/mol. The molecule has 0 saturated carbocycles. The standard InChI is InChI=1S/C21H28N6O3/c1-15-7-5-10-22-19(15)23-20(29)16-8-6-11-25(13-16)18(28)14-27-21(30)26-12-4-2-3-9-17(26)24-27/h5,7,10,16H,2-4,6,8-9,11-14H2,1H3,(H,22,23,29). The van der Waals surface area contributed by atoms with Crippen molar-refractivity contribution in [3.63, 3.8) is 0 Å². The largest absolute Gasteiger partial charge is 0.346 e. The van der Waals surface area contributed by atoms with Crippen LogP contribution in [0.3, 0.4) is 0 Å². The Kier molecular flexibility index (Phi) is 5.96. The van der Waals surface area contributed by atoms with Gasteiger partial charge in [0.15, 0.2) is 0 Å². The van der Waals surface area contributed by atoms with E-state index < -0.39 is 0 Å². The number of amides is 2. The Hall–Kier alpha value is -2.97. The first-order chi connectivity index (χ1) is 14.5. The molecule has 2 aromatic rings. The number of piperidine rings is 1. The number of nitrogens with zero attached hydrogens (tertiary/aromatic N) is 5. The number of carbonyl (C=O) groups is 2. The SMILES string of the molecule is Cc1cccnc1NC(=O)C1CCCN(C(=O)Cn2nc3n(c2=O)CCCCC3)C1. The second kappa shape index (κ2) is 8.81. The van der Waals surface area contributed by atoms with E-state index in [2.05, 4.69) is 15.4 Å². The first-order valence-electron chi connectivity index (χ1n) is 10.7. The third kappa shape index (κ3) is 4.29. The number of likely N-dealkylation sites (tertiary alicyclic amines) is 1. The Morgan fingerprint density at radius 1 is 1.20 bits per heavy atom. The van der Waals surface area contributed by atoms with Gasteiger partial charge in [0.2, 0.25) is 11.8 Å². The maximum absolute atomic E-state index is 12.9. The number of rotatable bonds is 4. The van der Waals surface area contributed by atoms with Crippen molar-refractivity contribution in [1.29, 1.82) is 0 Å². The van der Waals surface area contributed by atoms with Crippen molar-refractivity contribution in [2.45, 2.75) is 58.5 Å². The average Bonchev–Trinajstić information content (AvgIpc) is 2.91. The minimum Gasteiger partial charge on any atom is -0.340 e. The summed E-state index contributed by atoms with van der Waals surface area (Å²) in [6.45, 7) is 3.42. The summed E-state index contributed by atoms with van der Waals surface area (Å²) in [6, 6.07) is 3.72. The molecule has 0 aromatic carbocycles. The lowest BCUT2D eigenvalue weighted by atomic mass is 9.97. The van der Waals surface area contributed by atoms with Crippen molar-refractivity contribution in [3.05, 3.63) is 40.2 Å². The highest BCUT2D eigenvalue weighted by Crippen LogP contribution is 2.20. The van der Waals surface area contributed by atoms with Crippen LogP contribution in [-0.2, 0) is 29.1 Å². The van der Waals surface area contributed by atoms with E-state index in [0.717, 1.165) is 49.9 Å². The minimum absolute atomic E-state index is 0.0769. The summed E-state index contributed by atoms with van der Waals surface area (Å²) in [4.78, 5) is 44.1. The van der Waals surface area contributed by atoms with Gasteiger partial charge in [-0.25, -0.2) is 14.5 Å². The van der Waals surface area contributed by atoms with Gasteiger partial charge in [0, 0.05) is 32.3 Å². The van der Waals surface area contributed by atoms with E-state index in [1.165, 1.54) is 4.68 Å². The van der Waals surface area contributed by atoms with E-state index in [-0.39, 0.29) is 30.0 Å². The fourth-order valence-corrected chi connectivity index (χ4v) is 4.21. The first kappa shape index (κ1) is 20.3. The summed E-state index contributed by atoms with van der Waals surface area (Å²) in [5.41, 5.74) is 0.686. The van der Waals surface area contributed by atoms with Crippen molar-refractivity contribution in [1.82, 2.24) is 24.2 Å². The normalized spacial score (nSPS) is 19.1. The van der Waals surface area contributed by atoms with Crippen LogP contribution in [0.5, 0.6) is 0 Å². The molecule has 30 heavy (non-hydrogen) atoms. The predicted molar refractivity (Wildman–Crippen MR) is 111 cm³/mol. The molecule has 1 atom stereocenters. The topological polar surface area (TPSA) is 102 Å². The molecule has 2 aromatic heterocycles. The Morgan fingerprint density at radius 2 is 2.07 bits per heavy atom. The van der Waals surface area contributed by atoms with Crippen molar-refractivity contribution in [2.75, 3.05) is 18.4 Å². The zero-order chi connectivity index (χ0) is 21.1. The molecule has 0 radical (unpaired) electrons. The van der Waals surface area contributed by atoms with Gasteiger partial charge in [-0.05, 0) is 44.2 Å². The summed E-state index contributed by atoms with van der Waals surface area (Å²) in [6.07, 6.45) is 6.96. The van der Waals surface area contributed by atoms with Gasteiger partial charge in [0.25, 0.3) is 0 Å². The van der Waals surface area contributed by atoms with Crippen molar-refractivity contribution in [2.24, 2.45) is 5.92 Å². The molecule has 2 aliphatic heterocycles. The highest BCUT2D eigenvalue weighted by atomic mass is 16.2. The van der Waals surface area contributed by atoms with Crippen LogP contribution in [0.15, 0.2) is 23.1 Å². The lowest BCUT2D eigenvalue weighted by Crippen LogP contribution is -2.46. The smallest absolute Gasteiger partial charge is 0.340 e. The Balaban J connectivity index is 1.40. The van der Waals surface area contributed by atoms with Crippen LogP contribution in [0.4, 0.5) is 5.82 Å². The summed E-state index contributed by atoms with van der Waals surface area (Å²) < 4.78 is 2.98. The van der Waals surface area contributed by atoms with E-state index in [4.69, 9.17) is 0 Å². The third-order valence-corrected chi connectivity index (χ3v) is 5.96. The van der Waals surface area contributed by atoms with Crippen LogP contribution in [-0.4, -0.2) is 49.1 Å². The van der Waals surface area contributed by atoms with Crippen LogP contribution in [0, 0.1) is 12.8 Å². The molecule has 1 fully saturated rings. The maximum Gasteiger partial charge on any atom is 0.346 e. The number of fused-ring (bicyclic) bond motifs is 1. The van der Waals surface area contributed by atoms with E-state index in [9.17, 15) is 14.4 Å². The number of hydrogen-bond donors (Lipinski definition) is 1. The van der Waals surface area contributed by atoms with Gasteiger partial charge < -0.3 is 10.2 Å². The molecule has 160 valence electrons. The molecule has 2 amide bonds. The van der Waals surface area contributed by atoms with Crippen LogP contribution < -0.4 is 11.0 Å². The molecule has 9 heteroatoms.